The zero-order valence-electron chi connectivity index (χ0n) is 15.1. The predicted octanol–water partition coefficient (Wildman–Crippen LogP) is 2.85. The van der Waals surface area contributed by atoms with Crippen molar-refractivity contribution in [3.8, 4) is 0 Å². The van der Waals surface area contributed by atoms with Crippen LogP contribution in [0, 0.1) is 17.8 Å². The lowest BCUT2D eigenvalue weighted by atomic mass is 9.84. The quantitative estimate of drug-likeness (QED) is 0.901. The fourth-order valence-corrected chi connectivity index (χ4v) is 4.73. The lowest BCUT2D eigenvalue weighted by Gasteiger charge is -2.28. The molecule has 1 amide bonds. The summed E-state index contributed by atoms with van der Waals surface area (Å²) in [5, 5.41) is 7.40. The highest BCUT2D eigenvalue weighted by Gasteiger charge is 2.42. The van der Waals surface area contributed by atoms with Crippen LogP contribution in [0.2, 0.25) is 0 Å². The second-order valence-corrected chi connectivity index (χ2v) is 7.80. The van der Waals surface area contributed by atoms with Crippen molar-refractivity contribution in [2.24, 2.45) is 17.8 Å². The van der Waals surface area contributed by atoms with Crippen LogP contribution in [0.1, 0.15) is 48.7 Å². The van der Waals surface area contributed by atoms with Gasteiger partial charge in [0.15, 0.2) is 0 Å². The number of nitrogens with one attached hydrogen (secondary N) is 1. The molecule has 1 aromatic heterocycles. The first-order valence-corrected chi connectivity index (χ1v) is 9.53. The SMILES string of the molecule is CC(NC(=O)c1ccc(=O)n(Cc2ccccc2)n1)C1CC2CCC1C2. The van der Waals surface area contributed by atoms with Crippen molar-refractivity contribution in [2.45, 2.75) is 45.2 Å². The van der Waals surface area contributed by atoms with E-state index in [2.05, 4.69) is 17.3 Å². The minimum Gasteiger partial charge on any atom is -0.348 e. The highest BCUT2D eigenvalue weighted by molar-refractivity contribution is 5.92. The zero-order valence-corrected chi connectivity index (χ0v) is 15.1. The van der Waals surface area contributed by atoms with Crippen LogP contribution in [-0.2, 0) is 6.54 Å². The minimum absolute atomic E-state index is 0.147. The molecule has 0 spiro atoms. The number of hydrogen-bond donors (Lipinski definition) is 1. The number of carbonyl (C=O) groups excluding carboxylic acids is 1. The summed E-state index contributed by atoms with van der Waals surface area (Å²) in [6.45, 7) is 2.46. The van der Waals surface area contributed by atoms with Gasteiger partial charge in [-0.15, -0.1) is 0 Å². The van der Waals surface area contributed by atoms with E-state index in [1.165, 1.54) is 42.5 Å². The van der Waals surface area contributed by atoms with Gasteiger partial charge < -0.3 is 5.32 Å². The molecule has 136 valence electrons. The predicted molar refractivity (Wildman–Crippen MR) is 99.9 cm³/mol. The zero-order chi connectivity index (χ0) is 18.1. The Morgan fingerprint density at radius 3 is 2.69 bits per heavy atom. The summed E-state index contributed by atoms with van der Waals surface area (Å²) in [5.41, 5.74) is 1.08. The largest absolute Gasteiger partial charge is 0.348 e. The van der Waals surface area contributed by atoms with Gasteiger partial charge in [-0.1, -0.05) is 36.8 Å². The molecule has 2 aromatic rings. The molecule has 1 aromatic carbocycles. The average Bonchev–Trinajstić information content (AvgIpc) is 3.28. The first-order valence-electron chi connectivity index (χ1n) is 9.53. The molecule has 4 atom stereocenters. The maximum Gasteiger partial charge on any atom is 0.271 e. The van der Waals surface area contributed by atoms with Gasteiger partial charge in [0, 0.05) is 12.1 Å². The van der Waals surface area contributed by atoms with Crippen LogP contribution in [0.4, 0.5) is 0 Å². The molecule has 5 heteroatoms. The van der Waals surface area contributed by atoms with Gasteiger partial charge in [0.25, 0.3) is 11.5 Å². The van der Waals surface area contributed by atoms with Crippen LogP contribution in [0.3, 0.4) is 0 Å². The molecule has 0 saturated heterocycles. The van der Waals surface area contributed by atoms with Crippen molar-refractivity contribution in [3.63, 3.8) is 0 Å². The van der Waals surface area contributed by atoms with E-state index < -0.39 is 0 Å². The fourth-order valence-electron chi connectivity index (χ4n) is 4.73. The van der Waals surface area contributed by atoms with E-state index in [9.17, 15) is 9.59 Å². The van der Waals surface area contributed by atoms with Crippen LogP contribution >= 0.6 is 0 Å². The molecule has 0 aliphatic heterocycles. The summed E-state index contributed by atoms with van der Waals surface area (Å²) in [6, 6.07) is 12.8. The molecule has 1 heterocycles. The summed E-state index contributed by atoms with van der Waals surface area (Å²) >= 11 is 0. The highest BCUT2D eigenvalue weighted by Crippen LogP contribution is 2.49. The minimum atomic E-state index is -0.202. The fraction of sp³-hybridized carbons (Fsp3) is 0.476. The van der Waals surface area contributed by atoms with Crippen LogP contribution < -0.4 is 10.9 Å². The van der Waals surface area contributed by atoms with Crippen LogP contribution in [0.15, 0.2) is 47.3 Å². The Labute approximate surface area is 153 Å². The molecule has 2 saturated carbocycles. The monoisotopic (exact) mass is 351 g/mol. The third-order valence-corrected chi connectivity index (χ3v) is 6.07. The molecule has 5 nitrogen and oxygen atoms in total. The summed E-state index contributed by atoms with van der Waals surface area (Å²) in [6.07, 6.45) is 5.21. The molecule has 1 N–H and O–H groups in total. The number of hydrogen-bond acceptors (Lipinski definition) is 3. The molecule has 2 aliphatic carbocycles. The molecular formula is C21H25N3O2. The smallest absolute Gasteiger partial charge is 0.271 e. The lowest BCUT2D eigenvalue weighted by Crippen LogP contribution is -2.41. The van der Waals surface area contributed by atoms with Gasteiger partial charge in [-0.2, -0.15) is 5.10 Å². The topological polar surface area (TPSA) is 64.0 Å². The summed E-state index contributed by atoms with van der Waals surface area (Å²) in [5.74, 6) is 2.00. The Balaban J connectivity index is 1.46. The lowest BCUT2D eigenvalue weighted by molar-refractivity contribution is 0.0907. The van der Waals surface area contributed by atoms with Crippen LogP contribution in [0.5, 0.6) is 0 Å². The van der Waals surface area contributed by atoms with Crippen molar-refractivity contribution in [3.05, 3.63) is 64.1 Å². The van der Waals surface area contributed by atoms with Gasteiger partial charge in [0.1, 0.15) is 5.69 Å². The summed E-state index contributed by atoms with van der Waals surface area (Å²) < 4.78 is 1.35. The van der Waals surface area contributed by atoms with Crippen molar-refractivity contribution in [1.82, 2.24) is 15.1 Å². The van der Waals surface area contributed by atoms with E-state index in [1.54, 1.807) is 0 Å². The van der Waals surface area contributed by atoms with E-state index in [1.807, 2.05) is 30.3 Å². The molecule has 0 radical (unpaired) electrons. The van der Waals surface area contributed by atoms with Gasteiger partial charge in [0.2, 0.25) is 0 Å². The number of rotatable bonds is 5. The van der Waals surface area contributed by atoms with Gasteiger partial charge in [-0.25, -0.2) is 4.68 Å². The maximum atomic E-state index is 12.6. The van der Waals surface area contributed by atoms with E-state index in [4.69, 9.17) is 0 Å². The molecule has 4 unspecified atom stereocenters. The van der Waals surface area contributed by atoms with E-state index in [-0.39, 0.29) is 17.5 Å². The van der Waals surface area contributed by atoms with Crippen molar-refractivity contribution < 1.29 is 4.79 Å². The average molecular weight is 351 g/mol. The number of fused-ring (bicyclic) bond motifs is 2. The van der Waals surface area contributed by atoms with Crippen molar-refractivity contribution in [2.75, 3.05) is 0 Å². The Bertz CT molecular complexity index is 846. The number of benzene rings is 1. The number of carbonyl (C=O) groups is 1. The number of nitrogens with zero attached hydrogens (tertiary/aromatic N) is 2. The van der Waals surface area contributed by atoms with Crippen LogP contribution in [-0.4, -0.2) is 21.7 Å². The second kappa shape index (κ2) is 7.06. The van der Waals surface area contributed by atoms with E-state index in [0.29, 0.717) is 18.2 Å². The Morgan fingerprint density at radius 1 is 1.19 bits per heavy atom. The number of amides is 1. The van der Waals surface area contributed by atoms with Gasteiger partial charge in [-0.3, -0.25) is 9.59 Å². The summed E-state index contributed by atoms with van der Waals surface area (Å²) in [7, 11) is 0. The Hall–Kier alpha value is -2.43. The Morgan fingerprint density at radius 2 is 2.00 bits per heavy atom. The highest BCUT2D eigenvalue weighted by atomic mass is 16.2. The molecule has 4 rings (SSSR count). The summed E-state index contributed by atoms with van der Waals surface area (Å²) in [4.78, 5) is 24.7. The Kier molecular flexibility index (Phi) is 4.62. The third-order valence-electron chi connectivity index (χ3n) is 6.07. The second-order valence-electron chi connectivity index (χ2n) is 7.80. The third kappa shape index (κ3) is 3.43. The first-order chi connectivity index (χ1) is 12.6. The molecule has 2 aliphatic rings. The van der Waals surface area contributed by atoms with Crippen molar-refractivity contribution >= 4 is 5.91 Å². The normalized spacial score (nSPS) is 25.2. The van der Waals surface area contributed by atoms with Gasteiger partial charge in [0.05, 0.1) is 6.54 Å². The van der Waals surface area contributed by atoms with Crippen molar-refractivity contribution in [1.29, 1.82) is 0 Å². The van der Waals surface area contributed by atoms with Crippen LogP contribution in [0.25, 0.3) is 0 Å². The molecule has 2 bridgehead atoms. The number of aromatic nitrogens is 2. The molecule has 2 fully saturated rings. The van der Waals surface area contributed by atoms with E-state index >= 15 is 0 Å². The molecular weight excluding hydrogens is 326 g/mol. The van der Waals surface area contributed by atoms with Gasteiger partial charge >= 0.3 is 0 Å². The molecule has 26 heavy (non-hydrogen) atoms. The van der Waals surface area contributed by atoms with Gasteiger partial charge in [-0.05, 0) is 55.6 Å². The maximum absolute atomic E-state index is 12.6. The standard InChI is InChI=1S/C21H25N3O2/c1-14(18-12-16-7-8-17(18)11-16)22-21(26)19-9-10-20(25)24(23-19)13-15-5-3-2-4-6-15/h2-6,9-10,14,16-18H,7-8,11-13H2,1H3,(H,22,26). The first kappa shape index (κ1) is 17.0. The van der Waals surface area contributed by atoms with E-state index in [0.717, 1.165) is 17.4 Å².